The van der Waals surface area contributed by atoms with Gasteiger partial charge < -0.3 is 10.3 Å². The van der Waals surface area contributed by atoms with Gasteiger partial charge in [-0.1, -0.05) is 6.07 Å². The molecule has 2 N–H and O–H groups in total. The van der Waals surface area contributed by atoms with Gasteiger partial charge in [0, 0.05) is 17.3 Å². The number of hydrogen-bond acceptors (Lipinski definition) is 3. The maximum absolute atomic E-state index is 11.5. The molecule has 0 saturated heterocycles. The quantitative estimate of drug-likeness (QED) is 0.812. The van der Waals surface area contributed by atoms with Gasteiger partial charge >= 0.3 is 0 Å². The van der Waals surface area contributed by atoms with E-state index in [9.17, 15) is 9.59 Å². The molecular formula is C12H9N3O2. The smallest absolute Gasteiger partial charge is 0.255 e. The molecule has 2 aromatic rings. The van der Waals surface area contributed by atoms with Gasteiger partial charge in [-0.05, 0) is 23.6 Å². The summed E-state index contributed by atoms with van der Waals surface area (Å²) in [5.74, 6) is -0.390. The van der Waals surface area contributed by atoms with Crippen molar-refractivity contribution in [2.75, 3.05) is 5.32 Å². The van der Waals surface area contributed by atoms with Gasteiger partial charge in [0.25, 0.3) is 5.56 Å². The van der Waals surface area contributed by atoms with Gasteiger partial charge in [-0.2, -0.15) is 5.26 Å². The van der Waals surface area contributed by atoms with Gasteiger partial charge in [-0.3, -0.25) is 9.59 Å². The molecule has 2 rings (SSSR count). The highest BCUT2D eigenvalue weighted by Gasteiger charge is 2.03. The third-order valence-corrected chi connectivity index (χ3v) is 2.30. The Hall–Kier alpha value is -2.61. The molecule has 1 amide bonds. The summed E-state index contributed by atoms with van der Waals surface area (Å²) in [5, 5.41) is 12.2. The minimum absolute atomic E-state index is 0.205. The molecule has 1 aromatic carbocycles. The molecule has 0 spiro atoms. The summed E-state index contributed by atoms with van der Waals surface area (Å²) in [6, 6.07) is 8.55. The first-order valence-corrected chi connectivity index (χ1v) is 4.99. The number of anilines is 1. The SMILES string of the molecule is N#CCC(=O)Nc1ccc2cc[nH]c(=O)c2c1. The number of fused-ring (bicyclic) bond motifs is 1. The van der Waals surface area contributed by atoms with Crippen molar-refractivity contribution in [3.8, 4) is 6.07 Å². The molecule has 17 heavy (non-hydrogen) atoms. The molecular weight excluding hydrogens is 218 g/mol. The number of nitriles is 1. The number of hydrogen-bond donors (Lipinski definition) is 2. The van der Waals surface area contributed by atoms with Crippen LogP contribution in [0.5, 0.6) is 0 Å². The molecule has 1 heterocycles. The molecule has 0 fully saturated rings. The summed E-state index contributed by atoms with van der Waals surface area (Å²) in [4.78, 5) is 25.3. The van der Waals surface area contributed by atoms with Crippen LogP contribution in [0, 0.1) is 11.3 Å². The van der Waals surface area contributed by atoms with E-state index in [1.54, 1.807) is 36.5 Å². The lowest BCUT2D eigenvalue weighted by Crippen LogP contribution is -2.11. The molecule has 0 radical (unpaired) electrons. The molecule has 0 aliphatic carbocycles. The van der Waals surface area contributed by atoms with Crippen molar-refractivity contribution in [3.05, 3.63) is 40.8 Å². The van der Waals surface area contributed by atoms with Crippen molar-refractivity contribution < 1.29 is 4.79 Å². The third kappa shape index (κ3) is 2.32. The Labute approximate surface area is 96.7 Å². The number of H-pyrrole nitrogens is 1. The summed E-state index contributed by atoms with van der Waals surface area (Å²) in [6.45, 7) is 0. The topological polar surface area (TPSA) is 85.8 Å². The van der Waals surface area contributed by atoms with Crippen LogP contribution >= 0.6 is 0 Å². The van der Waals surface area contributed by atoms with Gasteiger partial charge in [0.05, 0.1) is 6.07 Å². The second kappa shape index (κ2) is 4.49. The van der Waals surface area contributed by atoms with Crippen molar-refractivity contribution in [1.29, 1.82) is 5.26 Å². The van der Waals surface area contributed by atoms with Crippen molar-refractivity contribution in [2.24, 2.45) is 0 Å². The minimum Gasteiger partial charge on any atom is -0.329 e. The Morgan fingerprint density at radius 1 is 1.41 bits per heavy atom. The normalized spacial score (nSPS) is 9.82. The van der Waals surface area contributed by atoms with E-state index < -0.39 is 0 Å². The standard InChI is InChI=1S/C12H9N3O2/c13-5-3-11(16)15-9-2-1-8-4-6-14-12(17)10(8)7-9/h1-2,4,6-7H,3H2,(H,14,17)(H,15,16). The van der Waals surface area contributed by atoms with E-state index in [4.69, 9.17) is 5.26 Å². The fourth-order valence-corrected chi connectivity index (χ4v) is 1.54. The van der Waals surface area contributed by atoms with Crippen LogP contribution in [-0.4, -0.2) is 10.9 Å². The number of benzene rings is 1. The summed E-state index contributed by atoms with van der Waals surface area (Å²) in [7, 11) is 0. The van der Waals surface area contributed by atoms with Gasteiger partial charge in [-0.15, -0.1) is 0 Å². The first kappa shape index (κ1) is 10.9. The number of nitrogens with one attached hydrogen (secondary N) is 2. The first-order valence-electron chi connectivity index (χ1n) is 4.99. The molecule has 84 valence electrons. The fraction of sp³-hybridized carbons (Fsp3) is 0.0833. The lowest BCUT2D eigenvalue weighted by molar-refractivity contribution is -0.115. The van der Waals surface area contributed by atoms with Crippen molar-refractivity contribution in [3.63, 3.8) is 0 Å². The predicted octanol–water partition coefficient (Wildman–Crippen LogP) is 1.38. The molecule has 0 atom stereocenters. The number of rotatable bonds is 2. The van der Waals surface area contributed by atoms with E-state index in [0.29, 0.717) is 11.1 Å². The highest BCUT2D eigenvalue weighted by atomic mass is 16.1. The van der Waals surface area contributed by atoms with Crippen LogP contribution < -0.4 is 10.9 Å². The Bertz CT molecular complexity index is 667. The highest BCUT2D eigenvalue weighted by molar-refractivity contribution is 5.94. The van der Waals surface area contributed by atoms with Crippen LogP contribution in [0.2, 0.25) is 0 Å². The maximum atomic E-state index is 11.5. The number of nitrogens with zero attached hydrogens (tertiary/aromatic N) is 1. The summed E-state index contributed by atoms with van der Waals surface area (Å²) in [6.07, 6.45) is 1.36. The molecule has 1 aromatic heterocycles. The van der Waals surface area contributed by atoms with Gasteiger partial charge in [0.1, 0.15) is 6.42 Å². The van der Waals surface area contributed by atoms with Gasteiger partial charge in [0.15, 0.2) is 0 Å². The Balaban J connectivity index is 2.38. The van der Waals surface area contributed by atoms with E-state index in [2.05, 4.69) is 10.3 Å². The Kier molecular flexibility index (Phi) is 2.88. The largest absolute Gasteiger partial charge is 0.329 e. The fourth-order valence-electron chi connectivity index (χ4n) is 1.54. The highest BCUT2D eigenvalue weighted by Crippen LogP contribution is 2.15. The number of amides is 1. The van der Waals surface area contributed by atoms with Crippen LogP contribution in [-0.2, 0) is 4.79 Å². The average molecular weight is 227 g/mol. The van der Waals surface area contributed by atoms with Crippen LogP contribution in [0.1, 0.15) is 6.42 Å². The number of pyridine rings is 1. The van der Waals surface area contributed by atoms with E-state index in [1.165, 1.54) is 0 Å². The molecule has 0 bridgehead atoms. The maximum Gasteiger partial charge on any atom is 0.255 e. The second-order valence-electron chi connectivity index (χ2n) is 3.49. The zero-order chi connectivity index (χ0) is 12.3. The number of aromatic nitrogens is 1. The lowest BCUT2D eigenvalue weighted by Gasteiger charge is -2.03. The number of carbonyl (C=O) groups is 1. The van der Waals surface area contributed by atoms with Crippen LogP contribution in [0.25, 0.3) is 10.8 Å². The van der Waals surface area contributed by atoms with Crippen molar-refractivity contribution in [1.82, 2.24) is 4.98 Å². The Morgan fingerprint density at radius 2 is 2.24 bits per heavy atom. The molecule has 0 unspecified atom stereocenters. The number of aromatic amines is 1. The lowest BCUT2D eigenvalue weighted by atomic mass is 10.1. The van der Waals surface area contributed by atoms with Crippen LogP contribution in [0.15, 0.2) is 35.3 Å². The van der Waals surface area contributed by atoms with Crippen LogP contribution in [0.4, 0.5) is 5.69 Å². The second-order valence-corrected chi connectivity index (χ2v) is 3.49. The van der Waals surface area contributed by atoms with Gasteiger partial charge in [0.2, 0.25) is 5.91 Å². The molecule has 5 heteroatoms. The molecule has 0 saturated carbocycles. The van der Waals surface area contributed by atoms with Crippen LogP contribution in [0.3, 0.4) is 0 Å². The summed E-state index contributed by atoms with van der Waals surface area (Å²) >= 11 is 0. The monoisotopic (exact) mass is 227 g/mol. The van der Waals surface area contributed by atoms with E-state index >= 15 is 0 Å². The molecule has 5 nitrogen and oxygen atoms in total. The van der Waals surface area contributed by atoms with Crippen molar-refractivity contribution >= 4 is 22.4 Å². The zero-order valence-electron chi connectivity index (χ0n) is 8.86. The van der Waals surface area contributed by atoms with Gasteiger partial charge in [-0.25, -0.2) is 0 Å². The van der Waals surface area contributed by atoms with E-state index in [-0.39, 0.29) is 17.9 Å². The first-order chi connectivity index (χ1) is 8.20. The summed E-state index contributed by atoms with van der Waals surface area (Å²) < 4.78 is 0. The number of carbonyl (C=O) groups excluding carboxylic acids is 1. The predicted molar refractivity (Wildman–Crippen MR) is 63.4 cm³/mol. The molecule has 0 aliphatic rings. The average Bonchev–Trinajstić information content (AvgIpc) is 2.30. The zero-order valence-corrected chi connectivity index (χ0v) is 8.86. The van der Waals surface area contributed by atoms with E-state index in [1.807, 2.05) is 0 Å². The third-order valence-electron chi connectivity index (χ3n) is 2.30. The minimum atomic E-state index is -0.390. The Morgan fingerprint density at radius 3 is 3.00 bits per heavy atom. The molecule has 0 aliphatic heterocycles. The summed E-state index contributed by atoms with van der Waals surface area (Å²) in [5.41, 5.74) is 0.299. The van der Waals surface area contributed by atoms with Crippen molar-refractivity contribution in [2.45, 2.75) is 6.42 Å². The van der Waals surface area contributed by atoms with E-state index in [0.717, 1.165) is 5.39 Å².